The zero-order valence-electron chi connectivity index (χ0n) is 12.4. The van der Waals surface area contributed by atoms with Crippen molar-refractivity contribution in [3.8, 4) is 0 Å². The van der Waals surface area contributed by atoms with Crippen molar-refractivity contribution >= 4 is 0 Å². The lowest BCUT2D eigenvalue weighted by atomic mass is 9.59. The third kappa shape index (κ3) is 1.95. The monoisotopic (exact) mass is 255 g/mol. The van der Waals surface area contributed by atoms with E-state index in [1.54, 1.807) is 11.1 Å². The fourth-order valence-corrected chi connectivity index (χ4v) is 4.22. The van der Waals surface area contributed by atoms with E-state index in [9.17, 15) is 0 Å². The molecule has 0 saturated carbocycles. The Kier molecular flexibility index (Phi) is 3.05. The van der Waals surface area contributed by atoms with Crippen molar-refractivity contribution in [3.05, 3.63) is 47.5 Å². The van der Waals surface area contributed by atoms with Crippen LogP contribution in [-0.4, -0.2) is 24.0 Å². The summed E-state index contributed by atoms with van der Waals surface area (Å²) in [6.45, 7) is 13.4. The van der Waals surface area contributed by atoms with Gasteiger partial charge in [0.1, 0.15) is 0 Å². The van der Waals surface area contributed by atoms with E-state index in [1.807, 2.05) is 0 Å². The number of benzene rings is 1. The van der Waals surface area contributed by atoms with Gasteiger partial charge in [0.05, 0.1) is 0 Å². The van der Waals surface area contributed by atoms with Gasteiger partial charge in [0.25, 0.3) is 0 Å². The van der Waals surface area contributed by atoms with Gasteiger partial charge in [-0.05, 0) is 48.8 Å². The van der Waals surface area contributed by atoms with Gasteiger partial charge in [-0.1, -0.05) is 50.3 Å². The van der Waals surface area contributed by atoms with Gasteiger partial charge in [0.15, 0.2) is 0 Å². The number of nitrogens with zero attached hydrogens (tertiary/aromatic N) is 1. The number of hydrogen-bond acceptors (Lipinski definition) is 1. The van der Waals surface area contributed by atoms with E-state index >= 15 is 0 Å². The van der Waals surface area contributed by atoms with Crippen LogP contribution >= 0.6 is 0 Å². The van der Waals surface area contributed by atoms with Gasteiger partial charge in [-0.3, -0.25) is 4.90 Å². The molecule has 0 unspecified atom stereocenters. The lowest BCUT2D eigenvalue weighted by molar-refractivity contribution is 0.0382. The first-order valence-electron chi connectivity index (χ1n) is 7.49. The number of likely N-dealkylation sites (tertiary alicyclic amines) is 1. The van der Waals surface area contributed by atoms with E-state index in [0.29, 0.717) is 11.5 Å². The summed E-state index contributed by atoms with van der Waals surface area (Å²) in [6.07, 6.45) is 2.48. The molecular weight excluding hydrogens is 230 g/mol. The molecular formula is C18H25N. The van der Waals surface area contributed by atoms with E-state index in [0.717, 1.165) is 12.5 Å². The Morgan fingerprint density at radius 3 is 2.89 bits per heavy atom. The number of rotatable bonds is 2. The smallest absolute Gasteiger partial charge is 0.0190 e. The van der Waals surface area contributed by atoms with Crippen molar-refractivity contribution in [2.75, 3.05) is 13.1 Å². The third-order valence-electron chi connectivity index (χ3n) is 5.50. The summed E-state index contributed by atoms with van der Waals surface area (Å²) in [4.78, 5) is 2.66. The first kappa shape index (κ1) is 12.9. The van der Waals surface area contributed by atoms with Crippen LogP contribution in [0.5, 0.6) is 0 Å². The molecule has 2 bridgehead atoms. The second-order valence-corrected chi connectivity index (χ2v) is 6.81. The van der Waals surface area contributed by atoms with Crippen LogP contribution < -0.4 is 0 Å². The molecule has 3 rings (SSSR count). The Balaban J connectivity index is 1.99. The SMILES string of the molecule is C=C(C)CN1CC[C@@]2(C)c3ccccc3C[C@@H]1[C@H]2C. The topological polar surface area (TPSA) is 3.24 Å². The molecule has 1 saturated heterocycles. The van der Waals surface area contributed by atoms with Gasteiger partial charge in [0.2, 0.25) is 0 Å². The predicted molar refractivity (Wildman–Crippen MR) is 81.5 cm³/mol. The molecule has 1 nitrogen and oxygen atoms in total. The summed E-state index contributed by atoms with van der Waals surface area (Å²) in [5, 5.41) is 0. The fourth-order valence-electron chi connectivity index (χ4n) is 4.22. The molecule has 0 aromatic heterocycles. The van der Waals surface area contributed by atoms with E-state index < -0.39 is 0 Å². The summed E-state index contributed by atoms with van der Waals surface area (Å²) in [5.41, 5.74) is 4.83. The highest BCUT2D eigenvalue weighted by atomic mass is 15.2. The zero-order chi connectivity index (χ0) is 13.6. The summed E-state index contributed by atoms with van der Waals surface area (Å²) in [6, 6.07) is 9.77. The van der Waals surface area contributed by atoms with Crippen LogP contribution in [0.25, 0.3) is 0 Å². The van der Waals surface area contributed by atoms with Crippen molar-refractivity contribution in [1.82, 2.24) is 4.90 Å². The van der Waals surface area contributed by atoms with Gasteiger partial charge in [-0.25, -0.2) is 0 Å². The molecule has 0 N–H and O–H groups in total. The highest BCUT2D eigenvalue weighted by Gasteiger charge is 2.47. The van der Waals surface area contributed by atoms with Gasteiger partial charge < -0.3 is 0 Å². The van der Waals surface area contributed by atoms with Crippen LogP contribution in [0.1, 0.15) is 38.3 Å². The Morgan fingerprint density at radius 1 is 1.42 bits per heavy atom. The van der Waals surface area contributed by atoms with Gasteiger partial charge in [0, 0.05) is 12.6 Å². The van der Waals surface area contributed by atoms with Crippen molar-refractivity contribution in [2.24, 2.45) is 5.92 Å². The summed E-state index contributed by atoms with van der Waals surface area (Å²) < 4.78 is 0. The van der Waals surface area contributed by atoms with Crippen molar-refractivity contribution in [3.63, 3.8) is 0 Å². The molecule has 1 heterocycles. The molecule has 19 heavy (non-hydrogen) atoms. The first-order chi connectivity index (χ1) is 9.02. The molecule has 1 heteroatoms. The maximum Gasteiger partial charge on any atom is 0.0190 e. The van der Waals surface area contributed by atoms with Crippen LogP contribution in [0.2, 0.25) is 0 Å². The van der Waals surface area contributed by atoms with Crippen LogP contribution in [0.15, 0.2) is 36.4 Å². The lowest BCUT2D eigenvalue weighted by Gasteiger charge is -2.54. The Bertz CT molecular complexity index is 504. The maximum absolute atomic E-state index is 4.10. The van der Waals surface area contributed by atoms with E-state index in [1.165, 1.54) is 25.0 Å². The Morgan fingerprint density at radius 2 is 2.16 bits per heavy atom. The summed E-state index contributed by atoms with van der Waals surface area (Å²) >= 11 is 0. The van der Waals surface area contributed by atoms with E-state index in [-0.39, 0.29) is 0 Å². The Labute approximate surface area is 117 Å². The molecule has 0 radical (unpaired) electrons. The van der Waals surface area contributed by atoms with E-state index in [4.69, 9.17) is 0 Å². The third-order valence-corrected chi connectivity index (χ3v) is 5.50. The minimum absolute atomic E-state index is 0.366. The van der Waals surface area contributed by atoms with Crippen LogP contribution in [0, 0.1) is 5.92 Å². The highest BCUT2D eigenvalue weighted by Crippen LogP contribution is 2.48. The number of piperidine rings is 1. The molecule has 0 spiro atoms. The number of hydrogen-bond donors (Lipinski definition) is 0. The molecule has 3 atom stereocenters. The number of fused-ring (bicyclic) bond motifs is 4. The van der Waals surface area contributed by atoms with Crippen LogP contribution in [-0.2, 0) is 11.8 Å². The molecule has 0 amide bonds. The Hall–Kier alpha value is -1.08. The first-order valence-corrected chi connectivity index (χ1v) is 7.49. The molecule has 102 valence electrons. The highest BCUT2D eigenvalue weighted by molar-refractivity contribution is 5.39. The molecule has 1 fully saturated rings. The minimum Gasteiger partial charge on any atom is -0.296 e. The summed E-state index contributed by atoms with van der Waals surface area (Å²) in [5.74, 6) is 0.732. The predicted octanol–water partition coefficient (Wildman–Crippen LogP) is 3.79. The molecule has 1 aliphatic carbocycles. The molecule has 1 aromatic rings. The van der Waals surface area contributed by atoms with Crippen molar-refractivity contribution in [2.45, 2.75) is 45.1 Å². The molecule has 1 aromatic carbocycles. The normalized spacial score (nSPS) is 33.8. The fraction of sp³-hybridized carbons (Fsp3) is 0.556. The van der Waals surface area contributed by atoms with Crippen LogP contribution in [0.4, 0.5) is 0 Å². The largest absolute Gasteiger partial charge is 0.296 e. The zero-order valence-corrected chi connectivity index (χ0v) is 12.4. The van der Waals surface area contributed by atoms with Crippen LogP contribution in [0.3, 0.4) is 0 Å². The van der Waals surface area contributed by atoms with Gasteiger partial charge in [-0.15, -0.1) is 0 Å². The quantitative estimate of drug-likeness (QED) is 0.727. The van der Waals surface area contributed by atoms with Gasteiger partial charge in [-0.2, -0.15) is 0 Å². The molecule has 2 aliphatic rings. The van der Waals surface area contributed by atoms with Gasteiger partial charge >= 0.3 is 0 Å². The second-order valence-electron chi connectivity index (χ2n) is 6.81. The lowest BCUT2D eigenvalue weighted by Crippen LogP contribution is -2.58. The summed E-state index contributed by atoms with van der Waals surface area (Å²) in [7, 11) is 0. The van der Waals surface area contributed by atoms with Crippen molar-refractivity contribution < 1.29 is 0 Å². The van der Waals surface area contributed by atoms with E-state index in [2.05, 4.69) is 56.5 Å². The average molecular weight is 255 g/mol. The average Bonchev–Trinajstić information content (AvgIpc) is 2.37. The maximum atomic E-state index is 4.10. The second kappa shape index (κ2) is 4.49. The minimum atomic E-state index is 0.366. The standard InChI is InChI=1S/C18H25N/c1-13(2)12-19-10-9-18(4)14(3)17(19)11-15-7-5-6-8-16(15)18/h5-8,14,17H,1,9-12H2,2-4H3/t14-,17-,18-/m1/s1. The molecule has 1 aliphatic heterocycles. The van der Waals surface area contributed by atoms with Crippen molar-refractivity contribution in [1.29, 1.82) is 0 Å².